The summed E-state index contributed by atoms with van der Waals surface area (Å²) in [6.07, 6.45) is 61.7. The lowest BCUT2D eigenvalue weighted by molar-refractivity contribution is -0.167. The van der Waals surface area contributed by atoms with Crippen molar-refractivity contribution in [3.8, 4) is 0 Å². The molecule has 0 spiro atoms. The maximum atomic E-state index is 12.8. The molecule has 0 aliphatic heterocycles. The van der Waals surface area contributed by atoms with Crippen molar-refractivity contribution in [3.63, 3.8) is 0 Å². The van der Waals surface area contributed by atoms with Gasteiger partial charge in [0.15, 0.2) is 6.10 Å². The Balaban J connectivity index is 4.47. The summed E-state index contributed by atoms with van der Waals surface area (Å²) in [4.78, 5) is 37.9. The van der Waals surface area contributed by atoms with E-state index in [4.69, 9.17) is 14.2 Å². The van der Waals surface area contributed by atoms with Gasteiger partial charge in [0.1, 0.15) is 13.2 Å². The third kappa shape index (κ3) is 47.7. The highest BCUT2D eigenvalue weighted by molar-refractivity contribution is 5.71. The molecule has 6 heteroatoms. The maximum Gasteiger partial charge on any atom is 0.306 e. The highest BCUT2D eigenvalue weighted by Gasteiger charge is 2.19. The Kier molecular flexibility index (Phi) is 46.9. The molecule has 0 saturated heterocycles. The van der Waals surface area contributed by atoms with Gasteiger partial charge in [-0.3, -0.25) is 14.4 Å². The smallest absolute Gasteiger partial charge is 0.306 e. The number of hydrogen-bond acceptors (Lipinski definition) is 6. The maximum absolute atomic E-state index is 12.8. The number of esters is 3. The van der Waals surface area contributed by atoms with E-state index in [1.807, 2.05) is 0 Å². The molecule has 0 radical (unpaired) electrons. The number of carbonyl (C=O) groups is 3. The average molecular weight is 851 g/mol. The normalized spacial score (nSPS) is 12.6. The summed E-state index contributed by atoms with van der Waals surface area (Å²) < 4.78 is 16.7. The standard InChI is InChI=1S/C55H94O6/c1-4-7-10-13-16-19-22-24-26-28-30-33-36-39-42-45-48-54(57)60-51-52(50-59-53(56)47-44-41-38-35-32-21-18-15-12-9-6-3)61-55(58)49-46-43-40-37-34-31-29-27-25-23-20-17-14-11-8-5-2/h7,10,16,19,24,26-27,29-31,33-34,52H,4-6,8-9,11-15,17-18,20-23,25,28,32,35-51H2,1-3H3/b10-7-,19-16-,26-24-,29-27-,33-30-,34-31-. The minimum atomic E-state index is -0.799. The number of hydrogen-bond donors (Lipinski definition) is 0. The molecule has 0 heterocycles. The van der Waals surface area contributed by atoms with Crippen LogP contribution in [0.3, 0.4) is 0 Å². The third-order valence-corrected chi connectivity index (χ3v) is 10.7. The zero-order valence-corrected chi connectivity index (χ0v) is 39.9. The minimum Gasteiger partial charge on any atom is -0.462 e. The lowest BCUT2D eigenvalue weighted by atomic mass is 10.1. The lowest BCUT2D eigenvalue weighted by Gasteiger charge is -2.18. The molecule has 0 fully saturated rings. The van der Waals surface area contributed by atoms with Crippen LogP contribution < -0.4 is 0 Å². The number of unbranched alkanes of at least 4 members (excludes halogenated alkanes) is 23. The van der Waals surface area contributed by atoms with Gasteiger partial charge in [0.25, 0.3) is 0 Å². The molecule has 0 rings (SSSR count). The molecule has 0 amide bonds. The first-order chi connectivity index (χ1) is 30.0. The van der Waals surface area contributed by atoms with Gasteiger partial charge >= 0.3 is 17.9 Å². The van der Waals surface area contributed by atoms with Crippen LogP contribution in [-0.2, 0) is 28.6 Å². The van der Waals surface area contributed by atoms with E-state index in [0.29, 0.717) is 19.3 Å². The Morgan fingerprint density at radius 3 is 1.11 bits per heavy atom. The average Bonchev–Trinajstić information content (AvgIpc) is 3.26. The second-order valence-electron chi connectivity index (χ2n) is 16.7. The van der Waals surface area contributed by atoms with Crippen molar-refractivity contribution >= 4 is 17.9 Å². The molecule has 0 aromatic heterocycles. The van der Waals surface area contributed by atoms with Gasteiger partial charge in [-0.05, 0) is 83.5 Å². The van der Waals surface area contributed by atoms with Gasteiger partial charge in [-0.15, -0.1) is 0 Å². The fourth-order valence-corrected chi connectivity index (χ4v) is 6.89. The molecule has 0 aliphatic rings. The molecule has 0 aromatic carbocycles. The molecule has 61 heavy (non-hydrogen) atoms. The zero-order chi connectivity index (χ0) is 44.4. The van der Waals surface area contributed by atoms with E-state index in [9.17, 15) is 14.4 Å². The van der Waals surface area contributed by atoms with Gasteiger partial charge in [-0.1, -0.05) is 209 Å². The summed E-state index contributed by atoms with van der Waals surface area (Å²) in [6.45, 7) is 6.46. The van der Waals surface area contributed by atoms with Crippen molar-refractivity contribution in [1.82, 2.24) is 0 Å². The summed E-state index contributed by atoms with van der Waals surface area (Å²) in [7, 11) is 0. The van der Waals surface area contributed by atoms with E-state index < -0.39 is 6.10 Å². The largest absolute Gasteiger partial charge is 0.462 e. The number of rotatable bonds is 45. The van der Waals surface area contributed by atoms with Gasteiger partial charge in [0.05, 0.1) is 0 Å². The van der Waals surface area contributed by atoms with Crippen LogP contribution in [0.25, 0.3) is 0 Å². The van der Waals surface area contributed by atoms with E-state index in [1.165, 1.54) is 96.3 Å². The van der Waals surface area contributed by atoms with Crippen LogP contribution in [0.2, 0.25) is 0 Å². The SMILES string of the molecule is CC/C=C\C/C=C\C/C=C\C/C=C\CCCCCC(=O)OCC(COC(=O)CCCCCCCCCCCCC)OC(=O)CCCCC/C=C\C=C/CCCCCCCCC. The molecule has 0 N–H and O–H groups in total. The fraction of sp³-hybridized carbons (Fsp3) is 0.727. The van der Waals surface area contributed by atoms with Crippen LogP contribution in [0.15, 0.2) is 72.9 Å². The Morgan fingerprint density at radius 2 is 0.689 bits per heavy atom. The van der Waals surface area contributed by atoms with Crippen molar-refractivity contribution in [2.24, 2.45) is 0 Å². The third-order valence-electron chi connectivity index (χ3n) is 10.7. The van der Waals surface area contributed by atoms with Gasteiger partial charge in [0, 0.05) is 19.3 Å². The molecule has 1 atom stereocenters. The van der Waals surface area contributed by atoms with Crippen molar-refractivity contribution in [2.45, 2.75) is 245 Å². The fourth-order valence-electron chi connectivity index (χ4n) is 6.89. The highest BCUT2D eigenvalue weighted by atomic mass is 16.6. The van der Waals surface area contributed by atoms with Crippen LogP contribution in [0.4, 0.5) is 0 Å². The lowest BCUT2D eigenvalue weighted by Crippen LogP contribution is -2.30. The molecule has 0 aliphatic carbocycles. The predicted octanol–water partition coefficient (Wildman–Crippen LogP) is 16.6. The molecule has 0 bridgehead atoms. The Labute approximate surface area is 376 Å². The van der Waals surface area contributed by atoms with Crippen LogP contribution >= 0.6 is 0 Å². The van der Waals surface area contributed by atoms with Crippen LogP contribution in [0.5, 0.6) is 0 Å². The Morgan fingerprint density at radius 1 is 0.361 bits per heavy atom. The summed E-state index contributed by atoms with van der Waals surface area (Å²) >= 11 is 0. The van der Waals surface area contributed by atoms with Crippen LogP contribution in [0.1, 0.15) is 239 Å². The van der Waals surface area contributed by atoms with Gasteiger partial charge in [-0.2, -0.15) is 0 Å². The van der Waals surface area contributed by atoms with Crippen LogP contribution in [-0.4, -0.2) is 37.2 Å². The summed E-state index contributed by atoms with van der Waals surface area (Å²) in [5.41, 5.74) is 0. The molecular weight excluding hydrogens is 757 g/mol. The molecule has 0 aromatic rings. The molecule has 350 valence electrons. The first kappa shape index (κ1) is 57.9. The van der Waals surface area contributed by atoms with E-state index in [2.05, 4.69) is 93.7 Å². The van der Waals surface area contributed by atoms with Crippen molar-refractivity contribution < 1.29 is 28.6 Å². The number of ether oxygens (including phenoxy) is 3. The van der Waals surface area contributed by atoms with Crippen LogP contribution in [0, 0.1) is 0 Å². The van der Waals surface area contributed by atoms with E-state index in [0.717, 1.165) is 103 Å². The van der Waals surface area contributed by atoms with E-state index in [1.54, 1.807) is 0 Å². The van der Waals surface area contributed by atoms with Crippen molar-refractivity contribution in [2.75, 3.05) is 13.2 Å². The summed E-state index contributed by atoms with van der Waals surface area (Å²) in [5, 5.41) is 0. The van der Waals surface area contributed by atoms with E-state index in [-0.39, 0.29) is 31.1 Å². The quantitative estimate of drug-likeness (QED) is 0.0200. The van der Waals surface area contributed by atoms with E-state index >= 15 is 0 Å². The Hall–Kier alpha value is -3.15. The highest BCUT2D eigenvalue weighted by Crippen LogP contribution is 2.14. The Bertz CT molecular complexity index is 1160. The second-order valence-corrected chi connectivity index (χ2v) is 16.7. The van der Waals surface area contributed by atoms with Crippen molar-refractivity contribution in [3.05, 3.63) is 72.9 Å². The zero-order valence-electron chi connectivity index (χ0n) is 39.9. The topological polar surface area (TPSA) is 78.9 Å². The number of carbonyl (C=O) groups excluding carboxylic acids is 3. The molecule has 6 nitrogen and oxygen atoms in total. The molecule has 0 saturated carbocycles. The first-order valence-electron chi connectivity index (χ1n) is 25.5. The number of allylic oxidation sites excluding steroid dienone is 12. The minimum absolute atomic E-state index is 0.0952. The summed E-state index contributed by atoms with van der Waals surface area (Å²) in [6, 6.07) is 0. The monoisotopic (exact) mass is 851 g/mol. The van der Waals surface area contributed by atoms with Gasteiger partial charge in [0.2, 0.25) is 0 Å². The summed E-state index contributed by atoms with van der Waals surface area (Å²) in [5.74, 6) is -0.954. The molecular formula is C55H94O6. The van der Waals surface area contributed by atoms with Crippen molar-refractivity contribution in [1.29, 1.82) is 0 Å². The van der Waals surface area contributed by atoms with Gasteiger partial charge < -0.3 is 14.2 Å². The molecule has 1 unspecified atom stereocenters. The second kappa shape index (κ2) is 49.5. The predicted molar refractivity (Wildman–Crippen MR) is 261 cm³/mol. The van der Waals surface area contributed by atoms with Gasteiger partial charge in [-0.25, -0.2) is 0 Å². The first-order valence-corrected chi connectivity index (χ1v) is 25.5.